The number of rotatable bonds is 7. The number of benzene rings is 3. The SMILES string of the molecule is CC(=O)N[C@@H](CC(=O)O[C@H](C)C(=O)Nc1ccc2ccccc2c1)c1ccccc1. The Bertz CT molecular complexity index is 1050. The molecule has 3 aromatic rings. The van der Waals surface area contributed by atoms with Crippen LogP contribution in [0.1, 0.15) is 31.9 Å². The first-order chi connectivity index (χ1) is 14.4. The monoisotopic (exact) mass is 404 g/mol. The van der Waals surface area contributed by atoms with Crippen molar-refractivity contribution in [3.05, 3.63) is 78.4 Å². The van der Waals surface area contributed by atoms with Crippen LogP contribution in [0.2, 0.25) is 0 Å². The van der Waals surface area contributed by atoms with Crippen molar-refractivity contribution in [3.63, 3.8) is 0 Å². The van der Waals surface area contributed by atoms with Crippen molar-refractivity contribution in [3.8, 4) is 0 Å². The van der Waals surface area contributed by atoms with Gasteiger partial charge in [0.25, 0.3) is 5.91 Å². The second-order valence-corrected chi connectivity index (χ2v) is 7.05. The molecule has 0 unspecified atom stereocenters. The zero-order valence-corrected chi connectivity index (χ0v) is 16.9. The van der Waals surface area contributed by atoms with E-state index in [1.54, 1.807) is 6.07 Å². The van der Waals surface area contributed by atoms with Gasteiger partial charge in [-0.1, -0.05) is 60.7 Å². The van der Waals surface area contributed by atoms with Gasteiger partial charge in [-0.3, -0.25) is 14.4 Å². The molecule has 2 atom stereocenters. The van der Waals surface area contributed by atoms with Crippen LogP contribution in [0.15, 0.2) is 72.8 Å². The maximum Gasteiger partial charge on any atom is 0.309 e. The number of carbonyl (C=O) groups is 3. The molecule has 0 heterocycles. The predicted molar refractivity (Wildman–Crippen MR) is 116 cm³/mol. The molecule has 154 valence electrons. The summed E-state index contributed by atoms with van der Waals surface area (Å²) in [6, 6.07) is 22.0. The third kappa shape index (κ3) is 5.67. The van der Waals surface area contributed by atoms with Gasteiger partial charge in [0, 0.05) is 12.6 Å². The van der Waals surface area contributed by atoms with E-state index in [4.69, 9.17) is 4.74 Å². The highest BCUT2D eigenvalue weighted by molar-refractivity contribution is 5.97. The van der Waals surface area contributed by atoms with Crippen molar-refractivity contribution in [2.24, 2.45) is 0 Å². The zero-order valence-electron chi connectivity index (χ0n) is 16.9. The topological polar surface area (TPSA) is 84.5 Å². The number of hydrogen-bond donors (Lipinski definition) is 2. The molecule has 2 N–H and O–H groups in total. The van der Waals surface area contributed by atoms with E-state index >= 15 is 0 Å². The summed E-state index contributed by atoms with van der Waals surface area (Å²) in [5.41, 5.74) is 1.42. The van der Waals surface area contributed by atoms with Gasteiger partial charge in [0.05, 0.1) is 12.5 Å². The Morgan fingerprint density at radius 1 is 0.900 bits per heavy atom. The van der Waals surface area contributed by atoms with Crippen molar-refractivity contribution < 1.29 is 19.1 Å². The van der Waals surface area contributed by atoms with Crippen LogP contribution >= 0.6 is 0 Å². The Morgan fingerprint density at radius 3 is 2.27 bits per heavy atom. The molecule has 0 aliphatic carbocycles. The maximum absolute atomic E-state index is 12.5. The first-order valence-electron chi connectivity index (χ1n) is 9.73. The highest BCUT2D eigenvalue weighted by atomic mass is 16.5. The van der Waals surface area contributed by atoms with Crippen molar-refractivity contribution in [1.82, 2.24) is 5.32 Å². The summed E-state index contributed by atoms with van der Waals surface area (Å²) in [7, 11) is 0. The van der Waals surface area contributed by atoms with E-state index in [0.717, 1.165) is 16.3 Å². The van der Waals surface area contributed by atoms with Crippen LogP contribution in [0.25, 0.3) is 10.8 Å². The van der Waals surface area contributed by atoms with E-state index < -0.39 is 24.0 Å². The van der Waals surface area contributed by atoms with Gasteiger partial charge in [0.2, 0.25) is 5.91 Å². The minimum atomic E-state index is -0.974. The summed E-state index contributed by atoms with van der Waals surface area (Å²) in [5.74, 6) is -1.24. The molecular formula is C24H24N2O4. The van der Waals surface area contributed by atoms with Crippen LogP contribution in [0.3, 0.4) is 0 Å². The summed E-state index contributed by atoms with van der Waals surface area (Å²) in [6.45, 7) is 2.91. The van der Waals surface area contributed by atoms with E-state index in [-0.39, 0.29) is 12.3 Å². The Labute approximate surface area is 175 Å². The van der Waals surface area contributed by atoms with Crippen LogP contribution in [0.4, 0.5) is 5.69 Å². The summed E-state index contributed by atoms with van der Waals surface area (Å²) >= 11 is 0. The lowest BCUT2D eigenvalue weighted by Gasteiger charge is -2.19. The molecule has 0 aromatic heterocycles. The summed E-state index contributed by atoms with van der Waals surface area (Å²) in [5, 5.41) is 7.59. The molecule has 3 aromatic carbocycles. The molecule has 6 heteroatoms. The van der Waals surface area contributed by atoms with Crippen LogP contribution in [-0.2, 0) is 19.1 Å². The van der Waals surface area contributed by atoms with E-state index in [2.05, 4.69) is 10.6 Å². The number of fused-ring (bicyclic) bond motifs is 1. The Morgan fingerprint density at radius 2 is 1.57 bits per heavy atom. The van der Waals surface area contributed by atoms with Crippen molar-refractivity contribution in [1.29, 1.82) is 0 Å². The summed E-state index contributed by atoms with van der Waals surface area (Å²) < 4.78 is 5.30. The molecule has 0 aliphatic heterocycles. The van der Waals surface area contributed by atoms with Gasteiger partial charge < -0.3 is 15.4 Å². The van der Waals surface area contributed by atoms with Gasteiger partial charge in [-0.05, 0) is 35.4 Å². The van der Waals surface area contributed by atoms with Crippen LogP contribution in [-0.4, -0.2) is 23.9 Å². The number of hydrogen-bond acceptors (Lipinski definition) is 4. The molecule has 6 nitrogen and oxygen atoms in total. The standard InChI is InChI=1S/C24H24N2O4/c1-16(24(29)26-21-13-12-18-8-6-7-11-20(18)14-21)30-23(28)15-22(25-17(2)27)19-9-4-3-5-10-19/h3-14,16,22H,15H2,1-2H3,(H,25,27)(H,26,29)/t16-,22+/m1/s1. The molecule has 0 bridgehead atoms. The lowest BCUT2D eigenvalue weighted by Crippen LogP contribution is -2.33. The summed E-state index contributed by atoms with van der Waals surface area (Å²) in [4.78, 5) is 36.4. The highest BCUT2D eigenvalue weighted by Gasteiger charge is 2.22. The molecule has 0 saturated carbocycles. The zero-order chi connectivity index (χ0) is 21.5. The van der Waals surface area contributed by atoms with Gasteiger partial charge in [0.1, 0.15) is 0 Å². The Hall–Kier alpha value is -3.67. The number of nitrogens with one attached hydrogen (secondary N) is 2. The number of anilines is 1. The van der Waals surface area contributed by atoms with Crippen LogP contribution in [0, 0.1) is 0 Å². The maximum atomic E-state index is 12.5. The van der Waals surface area contributed by atoms with Crippen molar-refractivity contribution in [2.45, 2.75) is 32.4 Å². The number of amides is 2. The molecular weight excluding hydrogens is 380 g/mol. The average Bonchev–Trinajstić information content (AvgIpc) is 2.73. The van der Waals surface area contributed by atoms with E-state index in [9.17, 15) is 14.4 Å². The second kappa shape index (κ2) is 9.69. The fraction of sp³-hybridized carbons (Fsp3) is 0.208. The molecule has 0 aliphatic rings. The molecule has 0 fully saturated rings. The van der Waals surface area contributed by atoms with E-state index in [0.29, 0.717) is 5.69 Å². The summed E-state index contributed by atoms with van der Waals surface area (Å²) in [6.07, 6.45) is -1.05. The van der Waals surface area contributed by atoms with Gasteiger partial charge >= 0.3 is 5.97 Å². The predicted octanol–water partition coefficient (Wildman–Crippen LogP) is 3.98. The first kappa shape index (κ1) is 21.0. The molecule has 0 radical (unpaired) electrons. The minimum Gasteiger partial charge on any atom is -0.452 e. The van der Waals surface area contributed by atoms with Crippen LogP contribution in [0.5, 0.6) is 0 Å². The minimum absolute atomic E-state index is 0.0722. The van der Waals surface area contributed by atoms with Gasteiger partial charge in [-0.15, -0.1) is 0 Å². The van der Waals surface area contributed by atoms with Crippen molar-refractivity contribution in [2.75, 3.05) is 5.32 Å². The fourth-order valence-corrected chi connectivity index (χ4v) is 3.16. The van der Waals surface area contributed by atoms with Gasteiger partial charge in [-0.25, -0.2) is 0 Å². The third-order valence-corrected chi connectivity index (χ3v) is 4.64. The Balaban J connectivity index is 1.60. The smallest absolute Gasteiger partial charge is 0.309 e. The number of esters is 1. The third-order valence-electron chi connectivity index (χ3n) is 4.64. The van der Waals surface area contributed by atoms with Gasteiger partial charge in [0.15, 0.2) is 6.10 Å². The van der Waals surface area contributed by atoms with Crippen molar-refractivity contribution >= 4 is 34.2 Å². The molecule has 0 saturated heterocycles. The second-order valence-electron chi connectivity index (χ2n) is 7.05. The lowest BCUT2D eigenvalue weighted by molar-refractivity contribution is -0.153. The quantitative estimate of drug-likeness (QED) is 0.584. The lowest BCUT2D eigenvalue weighted by atomic mass is 10.0. The molecule has 2 amide bonds. The largest absolute Gasteiger partial charge is 0.452 e. The Kier molecular flexibility index (Phi) is 6.80. The molecule has 3 rings (SSSR count). The van der Waals surface area contributed by atoms with Gasteiger partial charge in [-0.2, -0.15) is 0 Å². The molecule has 0 spiro atoms. The highest BCUT2D eigenvalue weighted by Crippen LogP contribution is 2.20. The number of carbonyl (C=O) groups excluding carboxylic acids is 3. The fourth-order valence-electron chi connectivity index (χ4n) is 3.16. The molecule has 30 heavy (non-hydrogen) atoms. The number of ether oxygens (including phenoxy) is 1. The van der Waals surface area contributed by atoms with E-state index in [1.807, 2.05) is 66.7 Å². The normalized spacial score (nSPS) is 12.6. The average molecular weight is 404 g/mol. The first-order valence-corrected chi connectivity index (χ1v) is 9.73. The van der Waals surface area contributed by atoms with Crippen LogP contribution < -0.4 is 10.6 Å². The van der Waals surface area contributed by atoms with E-state index in [1.165, 1.54) is 13.8 Å².